The molecule has 0 radical (unpaired) electrons. The van der Waals surface area contributed by atoms with Crippen LogP contribution in [0.3, 0.4) is 0 Å². The van der Waals surface area contributed by atoms with Crippen LogP contribution in [0.4, 0.5) is 8.78 Å². The van der Waals surface area contributed by atoms with Gasteiger partial charge in [-0.15, -0.1) is 0 Å². The Balaban J connectivity index is 1.92. The van der Waals surface area contributed by atoms with Crippen molar-refractivity contribution in [2.75, 3.05) is 0 Å². The van der Waals surface area contributed by atoms with Crippen LogP contribution in [0.2, 0.25) is 0 Å². The van der Waals surface area contributed by atoms with Crippen molar-refractivity contribution in [3.63, 3.8) is 0 Å². The standard InChI is InChI=1S/C7H8F2N2/c8-7(9)1-5(2-7)6-3-10-4-11-6/h3-6H,1-2H2. The molecule has 1 saturated carbocycles. The topological polar surface area (TPSA) is 24.7 Å². The van der Waals surface area contributed by atoms with Crippen LogP contribution in [0.5, 0.6) is 0 Å². The molecule has 2 rings (SSSR count). The molecule has 2 nitrogen and oxygen atoms in total. The maximum Gasteiger partial charge on any atom is 0.248 e. The Hall–Kier alpha value is -0.800. The largest absolute Gasteiger partial charge is 0.264 e. The van der Waals surface area contributed by atoms with Crippen molar-refractivity contribution in [2.45, 2.75) is 24.8 Å². The van der Waals surface area contributed by atoms with Crippen molar-refractivity contribution in [1.82, 2.24) is 0 Å². The van der Waals surface area contributed by atoms with Gasteiger partial charge < -0.3 is 0 Å². The minimum Gasteiger partial charge on any atom is -0.264 e. The van der Waals surface area contributed by atoms with Crippen molar-refractivity contribution in [3.8, 4) is 0 Å². The lowest BCUT2D eigenvalue weighted by molar-refractivity contribution is -0.110. The molecule has 0 bridgehead atoms. The van der Waals surface area contributed by atoms with Gasteiger partial charge in [-0.3, -0.25) is 4.99 Å². The fraction of sp³-hybridized carbons (Fsp3) is 0.714. The molecule has 2 aliphatic rings. The molecule has 0 aromatic carbocycles. The predicted octanol–water partition coefficient (Wildman–Crippen LogP) is 1.51. The van der Waals surface area contributed by atoms with Crippen LogP contribution in [0.25, 0.3) is 0 Å². The van der Waals surface area contributed by atoms with Gasteiger partial charge in [-0.05, 0) is 5.92 Å². The van der Waals surface area contributed by atoms with E-state index < -0.39 is 5.92 Å². The molecule has 0 amide bonds. The highest BCUT2D eigenvalue weighted by atomic mass is 19.3. The van der Waals surface area contributed by atoms with Gasteiger partial charge in [0.05, 0.1) is 6.04 Å². The zero-order valence-electron chi connectivity index (χ0n) is 5.87. The van der Waals surface area contributed by atoms with Gasteiger partial charge in [0.25, 0.3) is 0 Å². The summed E-state index contributed by atoms with van der Waals surface area (Å²) in [6.07, 6.45) is 3.02. The molecule has 1 fully saturated rings. The van der Waals surface area contributed by atoms with Crippen molar-refractivity contribution >= 4 is 12.6 Å². The molecule has 0 spiro atoms. The van der Waals surface area contributed by atoms with E-state index in [1.807, 2.05) is 0 Å². The Kier molecular flexibility index (Phi) is 1.31. The first-order valence-electron chi connectivity index (χ1n) is 3.60. The molecule has 0 aromatic heterocycles. The summed E-state index contributed by atoms with van der Waals surface area (Å²) in [5, 5.41) is 0. The number of halogens is 2. The van der Waals surface area contributed by atoms with Crippen molar-refractivity contribution in [1.29, 1.82) is 0 Å². The molecular formula is C7H8F2N2. The normalized spacial score (nSPS) is 34.2. The first kappa shape index (κ1) is 6.88. The monoisotopic (exact) mass is 158 g/mol. The first-order chi connectivity index (χ1) is 5.17. The summed E-state index contributed by atoms with van der Waals surface area (Å²) in [4.78, 5) is 7.70. The van der Waals surface area contributed by atoms with E-state index in [2.05, 4.69) is 9.98 Å². The SMILES string of the molecule is FC1(F)CC(C2C=NC=N2)C1. The maximum absolute atomic E-state index is 12.3. The number of rotatable bonds is 1. The van der Waals surface area contributed by atoms with Gasteiger partial charge >= 0.3 is 0 Å². The molecule has 1 heterocycles. The Bertz CT molecular complexity index is 202. The van der Waals surface area contributed by atoms with E-state index in [1.165, 1.54) is 6.34 Å². The van der Waals surface area contributed by atoms with Crippen molar-refractivity contribution in [3.05, 3.63) is 0 Å². The summed E-state index contributed by atoms with van der Waals surface area (Å²) in [5.74, 6) is -2.41. The number of aliphatic imine (C=N–C) groups is 2. The lowest BCUT2D eigenvalue weighted by atomic mass is 9.77. The van der Waals surface area contributed by atoms with Crippen LogP contribution in [0.15, 0.2) is 9.98 Å². The summed E-state index contributed by atoms with van der Waals surface area (Å²) in [6, 6.07) is -0.0744. The number of hydrogen-bond donors (Lipinski definition) is 0. The molecule has 1 aliphatic carbocycles. The predicted molar refractivity (Wildman–Crippen MR) is 38.4 cm³/mol. The third-order valence-electron chi connectivity index (χ3n) is 2.15. The Morgan fingerprint density at radius 3 is 2.55 bits per heavy atom. The van der Waals surface area contributed by atoms with E-state index >= 15 is 0 Å². The number of hydrogen-bond acceptors (Lipinski definition) is 2. The minimum absolute atomic E-state index is 0.0208. The quantitative estimate of drug-likeness (QED) is 0.552. The van der Waals surface area contributed by atoms with Crippen LogP contribution in [-0.2, 0) is 0 Å². The van der Waals surface area contributed by atoms with Gasteiger partial charge in [0, 0.05) is 19.1 Å². The zero-order chi connectivity index (χ0) is 7.90. The van der Waals surface area contributed by atoms with Crippen LogP contribution < -0.4 is 0 Å². The summed E-state index contributed by atoms with van der Waals surface area (Å²) < 4.78 is 24.7. The molecule has 0 aromatic rings. The Morgan fingerprint density at radius 2 is 2.09 bits per heavy atom. The molecular weight excluding hydrogens is 150 g/mol. The second-order valence-electron chi connectivity index (χ2n) is 3.08. The average molecular weight is 158 g/mol. The summed E-state index contributed by atoms with van der Waals surface area (Å²) in [5.41, 5.74) is 0. The number of alkyl halides is 2. The molecule has 60 valence electrons. The van der Waals surface area contributed by atoms with Gasteiger partial charge in [-0.2, -0.15) is 0 Å². The Labute approximate surface area is 63.0 Å². The highest BCUT2D eigenvalue weighted by Gasteiger charge is 2.48. The molecule has 0 N–H and O–H groups in total. The number of nitrogens with zero attached hydrogens (tertiary/aromatic N) is 2. The second-order valence-corrected chi connectivity index (χ2v) is 3.08. The molecule has 1 unspecified atom stereocenters. The molecule has 1 atom stereocenters. The highest BCUT2D eigenvalue weighted by Crippen LogP contribution is 2.44. The zero-order valence-corrected chi connectivity index (χ0v) is 5.87. The van der Waals surface area contributed by atoms with Gasteiger partial charge in [-0.1, -0.05) is 0 Å². The Morgan fingerprint density at radius 1 is 1.36 bits per heavy atom. The second kappa shape index (κ2) is 2.09. The van der Waals surface area contributed by atoms with Crippen molar-refractivity contribution < 1.29 is 8.78 Å². The van der Waals surface area contributed by atoms with Gasteiger partial charge in [0.2, 0.25) is 5.92 Å². The van der Waals surface area contributed by atoms with E-state index in [1.54, 1.807) is 6.21 Å². The summed E-state index contributed by atoms with van der Waals surface area (Å²) >= 11 is 0. The van der Waals surface area contributed by atoms with Crippen LogP contribution in [0.1, 0.15) is 12.8 Å². The minimum atomic E-state index is -2.43. The van der Waals surface area contributed by atoms with Gasteiger partial charge in [0.15, 0.2) is 0 Å². The van der Waals surface area contributed by atoms with Gasteiger partial charge in [-0.25, -0.2) is 13.8 Å². The van der Waals surface area contributed by atoms with Crippen LogP contribution >= 0.6 is 0 Å². The van der Waals surface area contributed by atoms with E-state index in [9.17, 15) is 8.78 Å². The smallest absolute Gasteiger partial charge is 0.248 e. The third kappa shape index (κ3) is 1.17. The summed E-state index contributed by atoms with van der Waals surface area (Å²) in [7, 11) is 0. The van der Waals surface area contributed by atoms with E-state index in [-0.39, 0.29) is 24.8 Å². The van der Waals surface area contributed by atoms with Crippen LogP contribution in [-0.4, -0.2) is 24.5 Å². The molecule has 4 heteroatoms. The summed E-state index contributed by atoms with van der Waals surface area (Å²) in [6.45, 7) is 0. The molecule has 11 heavy (non-hydrogen) atoms. The lowest BCUT2D eigenvalue weighted by Gasteiger charge is -2.36. The lowest BCUT2D eigenvalue weighted by Crippen LogP contribution is -2.41. The van der Waals surface area contributed by atoms with Gasteiger partial charge in [0.1, 0.15) is 6.34 Å². The van der Waals surface area contributed by atoms with E-state index in [0.29, 0.717) is 0 Å². The molecule has 1 aliphatic heterocycles. The van der Waals surface area contributed by atoms with E-state index in [0.717, 1.165) is 0 Å². The van der Waals surface area contributed by atoms with Crippen LogP contribution in [0, 0.1) is 5.92 Å². The fourth-order valence-electron chi connectivity index (χ4n) is 1.47. The third-order valence-corrected chi connectivity index (χ3v) is 2.15. The van der Waals surface area contributed by atoms with E-state index in [4.69, 9.17) is 0 Å². The first-order valence-corrected chi connectivity index (χ1v) is 3.60. The molecule has 0 saturated heterocycles. The average Bonchev–Trinajstić information content (AvgIpc) is 2.32. The highest BCUT2D eigenvalue weighted by molar-refractivity contribution is 5.82. The maximum atomic E-state index is 12.3. The van der Waals surface area contributed by atoms with Crippen molar-refractivity contribution in [2.24, 2.45) is 15.9 Å². The fourth-order valence-corrected chi connectivity index (χ4v) is 1.47.